The molecular formula is C23H23ClN2O5. The summed E-state index contributed by atoms with van der Waals surface area (Å²) in [4.78, 5) is 39.3. The zero-order valence-electron chi connectivity index (χ0n) is 17.1. The van der Waals surface area contributed by atoms with Crippen molar-refractivity contribution in [3.8, 4) is 11.5 Å². The van der Waals surface area contributed by atoms with Gasteiger partial charge in [0.15, 0.2) is 19.0 Å². The van der Waals surface area contributed by atoms with Gasteiger partial charge in [-0.05, 0) is 56.0 Å². The molecule has 2 amide bonds. The van der Waals surface area contributed by atoms with Crippen molar-refractivity contribution in [2.75, 3.05) is 24.7 Å². The fourth-order valence-corrected chi connectivity index (χ4v) is 3.58. The summed E-state index contributed by atoms with van der Waals surface area (Å²) in [5.74, 6) is 0.546. The van der Waals surface area contributed by atoms with Crippen LogP contribution in [0.4, 0.5) is 5.69 Å². The number of fused-ring (bicyclic) bond motifs is 1. The lowest BCUT2D eigenvalue weighted by atomic mass is 10.1. The molecule has 0 aromatic heterocycles. The molecule has 0 spiro atoms. The lowest BCUT2D eigenvalue weighted by Gasteiger charge is -2.33. The molecule has 2 aliphatic rings. The molecule has 1 saturated carbocycles. The lowest BCUT2D eigenvalue weighted by Crippen LogP contribution is -2.51. The van der Waals surface area contributed by atoms with E-state index in [0.29, 0.717) is 40.2 Å². The molecule has 162 valence electrons. The molecule has 1 aliphatic carbocycles. The Hall–Kier alpha value is -3.06. The molecule has 1 aliphatic heterocycles. The second-order valence-electron chi connectivity index (χ2n) is 7.74. The third-order valence-corrected chi connectivity index (χ3v) is 5.70. The molecule has 7 nitrogen and oxygen atoms in total. The quantitative estimate of drug-likeness (QED) is 0.634. The van der Waals surface area contributed by atoms with Crippen molar-refractivity contribution in [1.29, 1.82) is 0 Å². The zero-order chi connectivity index (χ0) is 22.0. The number of hydrogen-bond acceptors (Lipinski definition) is 5. The molecule has 2 aromatic rings. The van der Waals surface area contributed by atoms with Crippen LogP contribution in [0.2, 0.25) is 5.02 Å². The monoisotopic (exact) mass is 442 g/mol. The Morgan fingerprint density at radius 1 is 1.26 bits per heavy atom. The number of Topliss-reactive ketones (excluding diaryl/α,β-unsaturated/α-hetero) is 1. The van der Waals surface area contributed by atoms with E-state index in [0.717, 1.165) is 12.8 Å². The number of para-hydroxylation sites is 1. The standard InChI is InChI=1S/C23H23ClN2O5/c1-14(23(29)25-11-15-6-7-15)26-18-10-16(8-9-21(18)31-13-22(26)28)19(27)12-30-20-5-3-2-4-17(20)24/h2-5,8-10,14-15H,6-7,11-13H2,1H3,(H,25,29). The highest BCUT2D eigenvalue weighted by molar-refractivity contribution is 6.32. The molecule has 2 aromatic carbocycles. The van der Waals surface area contributed by atoms with Gasteiger partial charge in [0.05, 0.1) is 10.7 Å². The van der Waals surface area contributed by atoms with Crippen LogP contribution in [0.3, 0.4) is 0 Å². The SMILES string of the molecule is CC(C(=O)NCC1CC1)N1C(=O)COc2ccc(C(=O)COc3ccccc3Cl)cc21. The van der Waals surface area contributed by atoms with E-state index in [1.165, 1.54) is 4.90 Å². The van der Waals surface area contributed by atoms with Gasteiger partial charge < -0.3 is 14.8 Å². The Bertz CT molecular complexity index is 1020. The normalized spacial score (nSPS) is 16.2. The van der Waals surface area contributed by atoms with Crippen LogP contribution in [0, 0.1) is 5.92 Å². The van der Waals surface area contributed by atoms with Crippen LogP contribution < -0.4 is 19.7 Å². The summed E-state index contributed by atoms with van der Waals surface area (Å²) < 4.78 is 11.0. The topological polar surface area (TPSA) is 84.9 Å². The van der Waals surface area contributed by atoms with Crippen molar-refractivity contribution in [2.45, 2.75) is 25.8 Å². The number of amides is 2. The van der Waals surface area contributed by atoms with E-state index in [1.54, 1.807) is 49.4 Å². The number of ketones is 1. The predicted molar refractivity (Wildman–Crippen MR) is 116 cm³/mol. The third kappa shape index (κ3) is 4.82. The first-order chi connectivity index (χ1) is 14.9. The number of halogens is 1. The smallest absolute Gasteiger partial charge is 0.265 e. The van der Waals surface area contributed by atoms with Gasteiger partial charge in [-0.25, -0.2) is 0 Å². The van der Waals surface area contributed by atoms with Crippen LogP contribution in [0.5, 0.6) is 11.5 Å². The molecule has 0 saturated heterocycles. The first kappa shape index (κ1) is 21.2. The van der Waals surface area contributed by atoms with Crippen LogP contribution in [-0.4, -0.2) is 43.4 Å². The Morgan fingerprint density at radius 3 is 2.77 bits per heavy atom. The van der Waals surface area contributed by atoms with Crippen molar-refractivity contribution in [1.82, 2.24) is 5.32 Å². The molecule has 0 bridgehead atoms. The molecular weight excluding hydrogens is 420 g/mol. The van der Waals surface area contributed by atoms with Crippen molar-refractivity contribution in [2.24, 2.45) is 5.92 Å². The van der Waals surface area contributed by atoms with Crippen molar-refractivity contribution in [3.05, 3.63) is 53.1 Å². The molecule has 4 rings (SSSR count). The van der Waals surface area contributed by atoms with Gasteiger partial charge in [0.2, 0.25) is 5.91 Å². The Labute approximate surface area is 185 Å². The summed E-state index contributed by atoms with van der Waals surface area (Å²) in [6, 6.07) is 11.0. The largest absolute Gasteiger partial charge is 0.484 e. The van der Waals surface area contributed by atoms with Gasteiger partial charge >= 0.3 is 0 Å². The van der Waals surface area contributed by atoms with Gasteiger partial charge in [-0.3, -0.25) is 19.3 Å². The van der Waals surface area contributed by atoms with E-state index in [2.05, 4.69) is 5.32 Å². The minimum atomic E-state index is -0.723. The number of rotatable bonds is 8. The van der Waals surface area contributed by atoms with Gasteiger partial charge in [0.25, 0.3) is 5.91 Å². The molecule has 1 heterocycles. The van der Waals surface area contributed by atoms with E-state index in [-0.39, 0.29) is 30.8 Å². The molecule has 1 fully saturated rings. The van der Waals surface area contributed by atoms with Crippen LogP contribution in [0.15, 0.2) is 42.5 Å². The number of ether oxygens (including phenoxy) is 2. The molecule has 31 heavy (non-hydrogen) atoms. The van der Waals surface area contributed by atoms with Gasteiger partial charge in [0.1, 0.15) is 17.5 Å². The summed E-state index contributed by atoms with van der Waals surface area (Å²) in [7, 11) is 0. The minimum absolute atomic E-state index is 0.157. The number of carbonyl (C=O) groups is 3. The van der Waals surface area contributed by atoms with Gasteiger partial charge in [-0.1, -0.05) is 23.7 Å². The fourth-order valence-electron chi connectivity index (χ4n) is 3.39. The van der Waals surface area contributed by atoms with Crippen molar-refractivity contribution < 1.29 is 23.9 Å². The highest BCUT2D eigenvalue weighted by atomic mass is 35.5. The first-order valence-corrected chi connectivity index (χ1v) is 10.6. The Morgan fingerprint density at radius 2 is 2.03 bits per heavy atom. The minimum Gasteiger partial charge on any atom is -0.484 e. The van der Waals surface area contributed by atoms with Crippen LogP contribution >= 0.6 is 11.6 Å². The summed E-state index contributed by atoms with van der Waals surface area (Å²) in [6.45, 7) is 1.92. The van der Waals surface area contributed by atoms with Gasteiger partial charge in [0, 0.05) is 12.1 Å². The maximum atomic E-state index is 12.7. The summed E-state index contributed by atoms with van der Waals surface area (Å²) in [6.07, 6.45) is 2.24. The van der Waals surface area contributed by atoms with Crippen molar-refractivity contribution in [3.63, 3.8) is 0 Å². The number of benzene rings is 2. The molecule has 0 radical (unpaired) electrons. The molecule has 1 unspecified atom stereocenters. The summed E-state index contributed by atoms with van der Waals surface area (Å²) >= 11 is 6.06. The van der Waals surface area contributed by atoms with E-state index in [1.807, 2.05) is 0 Å². The molecule has 8 heteroatoms. The number of carbonyl (C=O) groups excluding carboxylic acids is 3. The van der Waals surface area contributed by atoms with Crippen molar-refractivity contribution >= 4 is 34.9 Å². The Kier molecular flexibility index (Phi) is 6.13. The maximum absolute atomic E-state index is 12.7. The van der Waals surface area contributed by atoms with Crippen LogP contribution in [0.25, 0.3) is 0 Å². The fraction of sp³-hybridized carbons (Fsp3) is 0.348. The zero-order valence-corrected chi connectivity index (χ0v) is 17.9. The van der Waals surface area contributed by atoms with E-state index in [4.69, 9.17) is 21.1 Å². The average Bonchev–Trinajstić information content (AvgIpc) is 3.60. The van der Waals surface area contributed by atoms with Crippen LogP contribution in [0.1, 0.15) is 30.1 Å². The highest BCUT2D eigenvalue weighted by Crippen LogP contribution is 2.35. The summed E-state index contributed by atoms with van der Waals surface area (Å²) in [5.41, 5.74) is 0.744. The second-order valence-corrected chi connectivity index (χ2v) is 8.15. The molecule has 1 atom stereocenters. The molecule has 1 N–H and O–H groups in total. The van der Waals surface area contributed by atoms with Gasteiger partial charge in [-0.2, -0.15) is 0 Å². The average molecular weight is 443 g/mol. The number of nitrogens with zero attached hydrogens (tertiary/aromatic N) is 1. The third-order valence-electron chi connectivity index (χ3n) is 5.38. The Balaban J connectivity index is 1.50. The summed E-state index contributed by atoms with van der Waals surface area (Å²) in [5, 5.41) is 3.31. The lowest BCUT2D eigenvalue weighted by molar-refractivity contribution is -0.127. The number of anilines is 1. The highest BCUT2D eigenvalue weighted by Gasteiger charge is 2.34. The second kappa shape index (κ2) is 8.98. The van der Waals surface area contributed by atoms with E-state index in [9.17, 15) is 14.4 Å². The van der Waals surface area contributed by atoms with Crippen LogP contribution in [-0.2, 0) is 9.59 Å². The number of hydrogen-bond donors (Lipinski definition) is 1. The predicted octanol–water partition coefficient (Wildman–Crippen LogP) is 3.24. The van der Waals surface area contributed by atoms with E-state index < -0.39 is 6.04 Å². The van der Waals surface area contributed by atoms with E-state index >= 15 is 0 Å². The first-order valence-electron chi connectivity index (χ1n) is 10.2. The van der Waals surface area contributed by atoms with Gasteiger partial charge in [-0.15, -0.1) is 0 Å². The number of nitrogens with one attached hydrogen (secondary N) is 1. The maximum Gasteiger partial charge on any atom is 0.265 e.